The Labute approximate surface area is 334 Å². The Morgan fingerprint density at radius 3 is 1.76 bits per heavy atom. The van der Waals surface area contributed by atoms with Crippen LogP contribution in [0.1, 0.15) is 0 Å². The van der Waals surface area contributed by atoms with Crippen LogP contribution in [-0.2, 0) is 0 Å². The first-order valence-corrected chi connectivity index (χ1v) is 19.5. The number of benzene rings is 9. The minimum atomic E-state index is 0.598. The summed E-state index contributed by atoms with van der Waals surface area (Å²) < 4.78 is 9.14. The molecule has 0 spiro atoms. The number of hydrogen-bond acceptors (Lipinski definition) is 4. The third-order valence-corrected chi connectivity index (χ3v) is 11.4. The summed E-state index contributed by atoms with van der Waals surface area (Å²) in [5, 5.41) is 7.11. The number of hydrogen-bond donors (Lipinski definition) is 0. The molecule has 2 aromatic heterocycles. The summed E-state index contributed by atoms with van der Waals surface area (Å²) in [7, 11) is 0. The third kappa shape index (κ3) is 5.14. The van der Waals surface area contributed by atoms with Crippen molar-refractivity contribution in [1.82, 2.24) is 19.5 Å². The fraction of sp³-hybridized carbons (Fsp3) is 0. The van der Waals surface area contributed by atoms with Gasteiger partial charge in [0.15, 0.2) is 17.5 Å². The Morgan fingerprint density at radius 1 is 0.345 bits per heavy atom. The van der Waals surface area contributed by atoms with Gasteiger partial charge < -0.3 is 9.30 Å². The molecule has 5 heteroatoms. The zero-order valence-electron chi connectivity index (χ0n) is 31.2. The molecule has 0 atom stereocenters. The molecular formula is C53H32N4O. The molecule has 270 valence electrons. The molecule has 0 radical (unpaired) electrons. The Kier molecular flexibility index (Phi) is 7.16. The molecule has 1 aliphatic heterocycles. The van der Waals surface area contributed by atoms with E-state index in [0.717, 1.165) is 66.9 Å². The van der Waals surface area contributed by atoms with Gasteiger partial charge in [-0.05, 0) is 82.1 Å². The molecule has 12 rings (SSSR count). The average Bonchev–Trinajstić information content (AvgIpc) is 3.61. The molecule has 1 aliphatic rings. The summed E-state index contributed by atoms with van der Waals surface area (Å²) in [6.07, 6.45) is 0. The van der Waals surface area contributed by atoms with Gasteiger partial charge in [0, 0.05) is 43.8 Å². The van der Waals surface area contributed by atoms with Crippen LogP contribution in [0, 0.1) is 0 Å². The number of nitrogens with zero attached hydrogens (tertiary/aromatic N) is 4. The van der Waals surface area contributed by atoms with Gasteiger partial charge in [-0.15, -0.1) is 0 Å². The Balaban J connectivity index is 1.03. The quantitative estimate of drug-likeness (QED) is 0.176. The lowest BCUT2D eigenvalue weighted by molar-refractivity contribution is 0.487. The van der Waals surface area contributed by atoms with Crippen LogP contribution < -0.4 is 4.74 Å². The highest BCUT2D eigenvalue weighted by Crippen LogP contribution is 2.49. The van der Waals surface area contributed by atoms with Crippen molar-refractivity contribution in [2.24, 2.45) is 0 Å². The molecular weight excluding hydrogens is 709 g/mol. The van der Waals surface area contributed by atoms with Crippen LogP contribution in [0.5, 0.6) is 11.5 Å². The van der Waals surface area contributed by atoms with Crippen molar-refractivity contribution < 1.29 is 4.74 Å². The monoisotopic (exact) mass is 740 g/mol. The topological polar surface area (TPSA) is 52.8 Å². The van der Waals surface area contributed by atoms with E-state index < -0.39 is 0 Å². The number of ether oxygens (including phenoxy) is 1. The predicted octanol–water partition coefficient (Wildman–Crippen LogP) is 13.7. The lowest BCUT2D eigenvalue weighted by Gasteiger charge is -2.23. The molecule has 5 nitrogen and oxygen atoms in total. The van der Waals surface area contributed by atoms with E-state index >= 15 is 0 Å². The van der Waals surface area contributed by atoms with E-state index in [1.807, 2.05) is 42.5 Å². The van der Waals surface area contributed by atoms with Crippen LogP contribution in [0.15, 0.2) is 194 Å². The highest BCUT2D eigenvalue weighted by molar-refractivity contribution is 6.16. The van der Waals surface area contributed by atoms with Gasteiger partial charge in [-0.1, -0.05) is 140 Å². The van der Waals surface area contributed by atoms with Crippen molar-refractivity contribution in [2.45, 2.75) is 0 Å². The van der Waals surface area contributed by atoms with Crippen molar-refractivity contribution in [3.63, 3.8) is 0 Å². The van der Waals surface area contributed by atoms with Crippen LogP contribution in [0.3, 0.4) is 0 Å². The highest BCUT2D eigenvalue weighted by atomic mass is 16.5. The second-order valence-electron chi connectivity index (χ2n) is 14.8. The van der Waals surface area contributed by atoms with Gasteiger partial charge in [-0.25, -0.2) is 15.0 Å². The van der Waals surface area contributed by atoms with E-state index in [1.165, 1.54) is 32.6 Å². The first-order chi connectivity index (χ1) is 28.7. The molecule has 0 fully saturated rings. The molecule has 11 aromatic rings. The van der Waals surface area contributed by atoms with Crippen molar-refractivity contribution in [1.29, 1.82) is 0 Å². The fourth-order valence-electron chi connectivity index (χ4n) is 8.68. The Hall–Kier alpha value is -7.89. The van der Waals surface area contributed by atoms with Crippen LogP contribution in [-0.4, -0.2) is 19.5 Å². The molecule has 0 amide bonds. The van der Waals surface area contributed by atoms with E-state index in [9.17, 15) is 0 Å². The van der Waals surface area contributed by atoms with Crippen LogP contribution in [0.2, 0.25) is 0 Å². The summed E-state index contributed by atoms with van der Waals surface area (Å²) >= 11 is 0. The van der Waals surface area contributed by atoms with Gasteiger partial charge in [-0.2, -0.15) is 0 Å². The minimum absolute atomic E-state index is 0.598. The first kappa shape index (κ1) is 32.4. The fourth-order valence-corrected chi connectivity index (χ4v) is 8.68. The van der Waals surface area contributed by atoms with Gasteiger partial charge >= 0.3 is 0 Å². The molecule has 9 aromatic carbocycles. The zero-order chi connectivity index (χ0) is 38.2. The zero-order valence-corrected chi connectivity index (χ0v) is 31.2. The number of para-hydroxylation sites is 1. The molecule has 0 unspecified atom stereocenters. The average molecular weight is 741 g/mol. The molecule has 0 bridgehead atoms. The van der Waals surface area contributed by atoms with Gasteiger partial charge in [0.25, 0.3) is 0 Å². The maximum atomic E-state index is 6.72. The Morgan fingerprint density at radius 2 is 0.948 bits per heavy atom. The van der Waals surface area contributed by atoms with E-state index in [4.69, 9.17) is 19.7 Å². The summed E-state index contributed by atoms with van der Waals surface area (Å²) in [4.78, 5) is 15.2. The second kappa shape index (κ2) is 12.8. The largest absolute Gasteiger partial charge is 0.456 e. The standard InChI is InChI=1S/C53H32N4O/c1-3-13-33(14-4-1)35-19-11-20-38(29-35)52-54-51(34-15-5-2-6-16-34)55-53(56-52)39-25-27-48-44(31-39)41-22-12-23-42-46(26-28-49(58-48)50(41)42)57-45-24-10-9-21-40(45)43-30-36-17-7-8-18-37(36)32-47(43)57/h1-32H. The first-order valence-electron chi connectivity index (χ1n) is 19.5. The van der Waals surface area contributed by atoms with Crippen molar-refractivity contribution >= 4 is 43.4 Å². The van der Waals surface area contributed by atoms with E-state index in [0.29, 0.717) is 17.5 Å². The second-order valence-corrected chi connectivity index (χ2v) is 14.8. The molecule has 58 heavy (non-hydrogen) atoms. The maximum absolute atomic E-state index is 6.72. The van der Waals surface area contributed by atoms with Gasteiger partial charge in [0.1, 0.15) is 11.5 Å². The van der Waals surface area contributed by atoms with E-state index in [2.05, 4.69) is 156 Å². The third-order valence-electron chi connectivity index (χ3n) is 11.4. The lowest BCUT2D eigenvalue weighted by atomic mass is 9.92. The van der Waals surface area contributed by atoms with E-state index in [1.54, 1.807) is 0 Å². The number of fused-ring (bicyclic) bond motifs is 6. The van der Waals surface area contributed by atoms with Crippen molar-refractivity contribution in [2.75, 3.05) is 0 Å². The molecule has 0 saturated carbocycles. The van der Waals surface area contributed by atoms with Crippen LogP contribution in [0.4, 0.5) is 0 Å². The molecule has 0 saturated heterocycles. The van der Waals surface area contributed by atoms with Crippen LogP contribution in [0.25, 0.3) is 105 Å². The summed E-state index contributed by atoms with van der Waals surface area (Å²) in [5.74, 6) is 3.48. The lowest BCUT2D eigenvalue weighted by Crippen LogP contribution is -2.03. The number of rotatable bonds is 5. The summed E-state index contributed by atoms with van der Waals surface area (Å²) in [6, 6.07) is 68.0. The van der Waals surface area contributed by atoms with Crippen molar-refractivity contribution in [3.8, 4) is 73.6 Å². The smallest absolute Gasteiger partial charge is 0.164 e. The maximum Gasteiger partial charge on any atom is 0.164 e. The van der Waals surface area contributed by atoms with Gasteiger partial charge in [0.05, 0.1) is 16.7 Å². The minimum Gasteiger partial charge on any atom is -0.456 e. The normalized spacial score (nSPS) is 11.9. The predicted molar refractivity (Wildman–Crippen MR) is 236 cm³/mol. The van der Waals surface area contributed by atoms with Gasteiger partial charge in [-0.3, -0.25) is 0 Å². The van der Waals surface area contributed by atoms with Crippen LogP contribution >= 0.6 is 0 Å². The SMILES string of the molecule is c1ccc(-c2cccc(-c3nc(-c4ccccc4)nc(-c4ccc5c(c4)-c4cccc6c(-n7c8ccccc8c8cc9ccccc9cc87)ccc(c46)O5)n3)c2)cc1. The van der Waals surface area contributed by atoms with E-state index in [-0.39, 0.29) is 0 Å². The molecule has 0 aliphatic carbocycles. The molecule has 3 heterocycles. The molecule has 0 N–H and O–H groups in total. The highest BCUT2D eigenvalue weighted by Gasteiger charge is 2.24. The number of aromatic nitrogens is 4. The van der Waals surface area contributed by atoms with Crippen molar-refractivity contribution in [3.05, 3.63) is 194 Å². The summed E-state index contributed by atoms with van der Waals surface area (Å²) in [6.45, 7) is 0. The summed E-state index contributed by atoms with van der Waals surface area (Å²) in [5.41, 5.74) is 10.5. The van der Waals surface area contributed by atoms with Gasteiger partial charge in [0.2, 0.25) is 0 Å². The Bertz CT molecular complexity index is 3430.